The van der Waals surface area contributed by atoms with Crippen LogP contribution in [0.1, 0.15) is 32.0 Å². The fraction of sp³-hybridized carbons (Fsp3) is 0.542. The van der Waals surface area contributed by atoms with E-state index in [1.807, 2.05) is 28.7 Å². The van der Waals surface area contributed by atoms with Crippen molar-refractivity contribution in [2.45, 2.75) is 32.2 Å². The Morgan fingerprint density at radius 3 is 2.62 bits per heavy atom. The molecule has 0 unspecified atom stereocenters. The highest BCUT2D eigenvalue weighted by Crippen LogP contribution is 2.32. The first-order chi connectivity index (χ1) is 17.9. The van der Waals surface area contributed by atoms with Crippen LogP contribution in [0.5, 0.6) is 5.75 Å². The first-order valence-electron chi connectivity index (χ1n) is 12.3. The maximum Gasteiger partial charge on any atom is 0.296 e. The SMILES string of the molecule is CCC(=O)N1CC[C@@H](N(C)c2nc(N3CCOCC3)nc(-n3c(C(F)F)nc4c(OC)cccc43)n2)C1. The van der Waals surface area contributed by atoms with Crippen LogP contribution < -0.4 is 14.5 Å². The molecule has 0 bridgehead atoms. The molecular weight excluding hydrogens is 486 g/mol. The molecule has 37 heavy (non-hydrogen) atoms. The number of halogens is 2. The van der Waals surface area contributed by atoms with Gasteiger partial charge in [0.05, 0.1) is 31.9 Å². The number of methoxy groups -OCH3 is 1. The van der Waals surface area contributed by atoms with E-state index in [9.17, 15) is 13.6 Å². The number of rotatable bonds is 7. The number of carbonyl (C=O) groups excluding carboxylic acids is 1. The van der Waals surface area contributed by atoms with Crippen molar-refractivity contribution in [1.82, 2.24) is 29.4 Å². The van der Waals surface area contributed by atoms with Crippen LogP contribution in [0.25, 0.3) is 17.0 Å². The smallest absolute Gasteiger partial charge is 0.296 e. The lowest BCUT2D eigenvalue weighted by molar-refractivity contribution is -0.129. The molecule has 11 nitrogen and oxygen atoms in total. The van der Waals surface area contributed by atoms with Crippen LogP contribution in [-0.4, -0.2) is 94.9 Å². The number of benzene rings is 1. The molecule has 13 heteroatoms. The van der Waals surface area contributed by atoms with Gasteiger partial charge in [-0.3, -0.25) is 9.36 Å². The van der Waals surface area contributed by atoms with E-state index in [-0.39, 0.29) is 17.9 Å². The number of imidazole rings is 1. The van der Waals surface area contributed by atoms with Crippen molar-refractivity contribution in [2.24, 2.45) is 0 Å². The van der Waals surface area contributed by atoms with Gasteiger partial charge in [0.15, 0.2) is 5.82 Å². The van der Waals surface area contributed by atoms with Crippen LogP contribution in [0.15, 0.2) is 18.2 Å². The van der Waals surface area contributed by atoms with Crippen molar-refractivity contribution in [1.29, 1.82) is 0 Å². The highest BCUT2D eigenvalue weighted by molar-refractivity contribution is 5.84. The molecule has 1 atom stereocenters. The summed E-state index contributed by atoms with van der Waals surface area (Å²) in [5.74, 6) is 0.759. The number of aromatic nitrogens is 5. The summed E-state index contributed by atoms with van der Waals surface area (Å²) in [4.78, 5) is 36.1. The Morgan fingerprint density at radius 2 is 1.92 bits per heavy atom. The Hall–Kier alpha value is -3.61. The lowest BCUT2D eigenvalue weighted by atomic mass is 10.2. The molecule has 2 aliphatic rings. The van der Waals surface area contributed by atoms with Gasteiger partial charge >= 0.3 is 0 Å². The van der Waals surface area contributed by atoms with Gasteiger partial charge in [0.2, 0.25) is 23.8 Å². The number of hydrogen-bond acceptors (Lipinski definition) is 9. The third-order valence-corrected chi connectivity index (χ3v) is 6.86. The van der Waals surface area contributed by atoms with Gasteiger partial charge in [0.25, 0.3) is 6.43 Å². The number of para-hydroxylation sites is 1. The predicted octanol–water partition coefficient (Wildman–Crippen LogP) is 2.44. The van der Waals surface area contributed by atoms with Gasteiger partial charge in [-0.1, -0.05) is 13.0 Å². The van der Waals surface area contributed by atoms with Crippen LogP contribution >= 0.6 is 0 Å². The zero-order valence-electron chi connectivity index (χ0n) is 21.1. The molecule has 2 fully saturated rings. The number of hydrogen-bond donors (Lipinski definition) is 0. The van der Waals surface area contributed by atoms with Crippen LogP contribution in [0, 0.1) is 0 Å². The molecule has 1 aromatic carbocycles. The number of carbonyl (C=O) groups is 1. The van der Waals surface area contributed by atoms with Gasteiger partial charge in [-0.05, 0) is 18.6 Å². The van der Waals surface area contributed by atoms with E-state index in [0.29, 0.717) is 74.5 Å². The summed E-state index contributed by atoms with van der Waals surface area (Å²) >= 11 is 0. The fourth-order valence-corrected chi connectivity index (χ4v) is 4.79. The van der Waals surface area contributed by atoms with Crippen LogP contribution in [0.3, 0.4) is 0 Å². The molecule has 0 N–H and O–H groups in total. The second kappa shape index (κ2) is 10.4. The topological polar surface area (TPSA) is 102 Å². The summed E-state index contributed by atoms with van der Waals surface area (Å²) in [5.41, 5.74) is 0.705. The number of amides is 1. The number of alkyl halides is 2. The van der Waals surface area contributed by atoms with E-state index < -0.39 is 12.2 Å². The summed E-state index contributed by atoms with van der Waals surface area (Å²) in [5, 5.41) is 0. The fourth-order valence-electron chi connectivity index (χ4n) is 4.79. The molecule has 3 aromatic rings. The molecule has 1 amide bonds. The minimum absolute atomic E-state index is 0.0162. The Labute approximate surface area is 213 Å². The van der Waals surface area contributed by atoms with Gasteiger partial charge in [0.1, 0.15) is 11.3 Å². The third-order valence-electron chi connectivity index (χ3n) is 6.86. The number of likely N-dealkylation sites (N-methyl/N-ethyl adjacent to an activating group) is 1. The van der Waals surface area contributed by atoms with Gasteiger partial charge in [-0.25, -0.2) is 13.8 Å². The van der Waals surface area contributed by atoms with E-state index >= 15 is 0 Å². The molecular formula is C24H30F2N8O3. The largest absolute Gasteiger partial charge is 0.494 e. The third kappa shape index (κ3) is 4.75. The summed E-state index contributed by atoms with van der Waals surface area (Å²) in [6.45, 7) is 5.19. The van der Waals surface area contributed by atoms with Crippen molar-refractivity contribution >= 4 is 28.8 Å². The van der Waals surface area contributed by atoms with Crippen molar-refractivity contribution in [2.75, 3.05) is 63.4 Å². The number of nitrogens with zero attached hydrogens (tertiary/aromatic N) is 8. The lowest BCUT2D eigenvalue weighted by Gasteiger charge is -2.29. The molecule has 198 valence electrons. The summed E-state index contributed by atoms with van der Waals surface area (Å²) in [6, 6.07) is 5.05. The van der Waals surface area contributed by atoms with Crippen LogP contribution in [0.2, 0.25) is 0 Å². The van der Waals surface area contributed by atoms with E-state index in [0.717, 1.165) is 6.42 Å². The maximum atomic E-state index is 14.2. The van der Waals surface area contributed by atoms with Gasteiger partial charge in [0, 0.05) is 39.6 Å². The van der Waals surface area contributed by atoms with E-state index in [4.69, 9.17) is 14.5 Å². The Kier molecular flexibility index (Phi) is 7.04. The quantitative estimate of drug-likeness (QED) is 0.469. The second-order valence-corrected chi connectivity index (χ2v) is 9.02. The number of anilines is 2. The number of fused-ring (bicyclic) bond motifs is 1. The van der Waals surface area contributed by atoms with E-state index in [1.54, 1.807) is 18.2 Å². The van der Waals surface area contributed by atoms with Gasteiger partial charge in [-0.2, -0.15) is 15.0 Å². The highest BCUT2D eigenvalue weighted by atomic mass is 19.3. The second-order valence-electron chi connectivity index (χ2n) is 9.02. The van der Waals surface area contributed by atoms with Crippen LogP contribution in [-0.2, 0) is 9.53 Å². The molecule has 4 heterocycles. The molecule has 5 rings (SSSR count). The van der Waals surface area contributed by atoms with Gasteiger partial charge < -0.3 is 24.2 Å². The zero-order valence-corrected chi connectivity index (χ0v) is 21.1. The first-order valence-corrected chi connectivity index (χ1v) is 12.3. The van der Waals surface area contributed by atoms with E-state index in [2.05, 4.69) is 15.0 Å². The highest BCUT2D eigenvalue weighted by Gasteiger charge is 2.31. The maximum absolute atomic E-state index is 14.2. The summed E-state index contributed by atoms with van der Waals surface area (Å²) in [6.07, 6.45) is -1.67. The lowest BCUT2D eigenvalue weighted by Crippen LogP contribution is -2.40. The molecule has 2 aromatic heterocycles. The number of ether oxygens (including phenoxy) is 2. The molecule has 0 saturated carbocycles. The monoisotopic (exact) mass is 516 g/mol. The Bertz CT molecular complexity index is 1280. The minimum Gasteiger partial charge on any atom is -0.494 e. The predicted molar refractivity (Wildman–Crippen MR) is 133 cm³/mol. The normalized spacial score (nSPS) is 18.2. The number of likely N-dealkylation sites (tertiary alicyclic amines) is 1. The molecule has 2 aliphatic heterocycles. The summed E-state index contributed by atoms with van der Waals surface area (Å²) < 4.78 is 40.6. The average Bonchev–Trinajstić information content (AvgIpc) is 3.58. The molecule has 2 saturated heterocycles. The van der Waals surface area contributed by atoms with Crippen molar-refractivity contribution < 1.29 is 23.0 Å². The zero-order chi connectivity index (χ0) is 26.1. The van der Waals surface area contributed by atoms with Crippen LogP contribution in [0.4, 0.5) is 20.7 Å². The Morgan fingerprint density at radius 1 is 1.16 bits per heavy atom. The van der Waals surface area contributed by atoms with Crippen molar-refractivity contribution in [3.05, 3.63) is 24.0 Å². The van der Waals surface area contributed by atoms with Crippen molar-refractivity contribution in [3.63, 3.8) is 0 Å². The molecule has 0 spiro atoms. The summed E-state index contributed by atoms with van der Waals surface area (Å²) in [7, 11) is 3.33. The van der Waals surface area contributed by atoms with E-state index in [1.165, 1.54) is 11.7 Å². The standard InChI is InChI=1S/C24H30F2N8O3/c1-4-18(35)33-9-8-15(14-33)31(2)22-28-23(32-10-12-37-13-11-32)30-24(29-22)34-16-6-5-7-17(36-3)19(16)27-21(34)20(25)26/h5-7,15,20H,4,8-14H2,1-3H3/t15-/m1/s1. The molecule has 0 radical (unpaired) electrons. The number of morpholine rings is 1. The minimum atomic E-state index is -2.87. The van der Waals surface area contributed by atoms with Crippen molar-refractivity contribution in [3.8, 4) is 11.7 Å². The van der Waals surface area contributed by atoms with Gasteiger partial charge in [-0.15, -0.1) is 0 Å². The Balaban J connectivity index is 1.62. The molecule has 0 aliphatic carbocycles. The average molecular weight is 517 g/mol. The first kappa shape index (κ1) is 25.1.